The van der Waals surface area contributed by atoms with E-state index in [1.807, 2.05) is 0 Å². The van der Waals surface area contributed by atoms with Crippen molar-refractivity contribution < 1.29 is 23.8 Å². The molecule has 9 nitrogen and oxygen atoms in total. The Kier molecular flexibility index (Phi) is 4.98. The van der Waals surface area contributed by atoms with Crippen LogP contribution in [0, 0.1) is 0 Å². The molecule has 0 spiro atoms. The fourth-order valence-corrected chi connectivity index (χ4v) is 3.19. The van der Waals surface area contributed by atoms with E-state index in [0.29, 0.717) is 23.4 Å². The topological polar surface area (TPSA) is 121 Å². The molecule has 0 bridgehead atoms. The van der Waals surface area contributed by atoms with Crippen LogP contribution in [0.25, 0.3) is 11.1 Å². The maximum Gasteiger partial charge on any atom is 0.371 e. The largest absolute Gasteiger partial charge is 0.492 e. The van der Waals surface area contributed by atoms with Gasteiger partial charge in [-0.1, -0.05) is 0 Å². The third-order valence-corrected chi connectivity index (χ3v) is 4.67. The number of rotatable bonds is 7. The lowest BCUT2D eigenvalue weighted by atomic mass is 10.2. The number of benzene rings is 1. The Bertz CT molecular complexity index is 986. The number of aromatic carboxylic acids is 1. The molecule has 1 aliphatic rings. The molecule has 0 atom stereocenters. The second kappa shape index (κ2) is 7.73. The highest BCUT2D eigenvalue weighted by atomic mass is 16.5. The fourth-order valence-electron chi connectivity index (χ4n) is 3.19. The molecule has 1 fully saturated rings. The van der Waals surface area contributed by atoms with E-state index in [-0.39, 0.29) is 23.1 Å². The summed E-state index contributed by atoms with van der Waals surface area (Å²) in [7, 11) is 0. The number of fused-ring (bicyclic) bond motifs is 1. The number of amides is 1. The van der Waals surface area contributed by atoms with Crippen molar-refractivity contribution in [1.82, 2.24) is 15.1 Å². The minimum atomic E-state index is -1.19. The van der Waals surface area contributed by atoms with Gasteiger partial charge in [-0.15, -0.1) is 0 Å². The average Bonchev–Trinajstić information content (AvgIpc) is 3.41. The molecule has 1 amide bonds. The smallest absolute Gasteiger partial charge is 0.371 e. The number of carboxylic acid groups (broad SMARTS) is 1. The van der Waals surface area contributed by atoms with Crippen molar-refractivity contribution in [2.75, 3.05) is 31.6 Å². The molecule has 1 aromatic carbocycles. The summed E-state index contributed by atoms with van der Waals surface area (Å²) in [5.74, 6) is -0.962. The van der Waals surface area contributed by atoms with Crippen LogP contribution < -0.4 is 10.1 Å². The minimum Gasteiger partial charge on any atom is -0.492 e. The van der Waals surface area contributed by atoms with E-state index < -0.39 is 5.97 Å². The second-order valence-electron chi connectivity index (χ2n) is 6.61. The number of hydrogen-bond donors (Lipinski definition) is 3. The summed E-state index contributed by atoms with van der Waals surface area (Å²) in [5, 5.41) is 18.2. The monoisotopic (exact) mass is 384 g/mol. The lowest BCUT2D eigenvalue weighted by Crippen LogP contribution is -2.25. The molecule has 3 aromatic rings. The lowest BCUT2D eigenvalue weighted by molar-refractivity contribution is 0.0665. The predicted molar refractivity (Wildman–Crippen MR) is 101 cm³/mol. The highest BCUT2D eigenvalue weighted by Gasteiger charge is 2.18. The van der Waals surface area contributed by atoms with Crippen molar-refractivity contribution in [2.45, 2.75) is 12.8 Å². The summed E-state index contributed by atoms with van der Waals surface area (Å²) >= 11 is 0. The van der Waals surface area contributed by atoms with Gasteiger partial charge in [-0.3, -0.25) is 14.8 Å². The Morgan fingerprint density at radius 3 is 2.71 bits per heavy atom. The van der Waals surface area contributed by atoms with E-state index in [4.69, 9.17) is 14.3 Å². The Morgan fingerprint density at radius 1 is 1.25 bits per heavy atom. The van der Waals surface area contributed by atoms with Crippen LogP contribution >= 0.6 is 0 Å². The van der Waals surface area contributed by atoms with E-state index in [1.54, 1.807) is 24.3 Å². The molecule has 0 radical (unpaired) electrons. The van der Waals surface area contributed by atoms with Crippen molar-refractivity contribution in [3.05, 3.63) is 41.7 Å². The minimum absolute atomic E-state index is 0.137. The van der Waals surface area contributed by atoms with Gasteiger partial charge < -0.3 is 19.6 Å². The first-order valence-electron chi connectivity index (χ1n) is 9.08. The number of hydrogen-bond acceptors (Lipinski definition) is 6. The molecule has 9 heteroatoms. The first-order chi connectivity index (χ1) is 13.6. The Hall–Kier alpha value is -3.33. The van der Waals surface area contributed by atoms with Crippen LogP contribution in [-0.2, 0) is 0 Å². The number of ether oxygens (including phenoxy) is 1. The molecule has 3 N–H and O–H groups in total. The van der Waals surface area contributed by atoms with Gasteiger partial charge in [0.05, 0.1) is 0 Å². The lowest BCUT2D eigenvalue weighted by Gasteiger charge is -2.14. The summed E-state index contributed by atoms with van der Waals surface area (Å²) in [5.41, 5.74) is 1.01. The van der Waals surface area contributed by atoms with Gasteiger partial charge in [-0.25, -0.2) is 4.79 Å². The number of aromatic nitrogens is 2. The third kappa shape index (κ3) is 3.84. The van der Waals surface area contributed by atoms with Crippen molar-refractivity contribution in [1.29, 1.82) is 0 Å². The van der Waals surface area contributed by atoms with Crippen LogP contribution in [0.5, 0.6) is 5.75 Å². The zero-order chi connectivity index (χ0) is 19.5. The third-order valence-electron chi connectivity index (χ3n) is 4.67. The van der Waals surface area contributed by atoms with E-state index in [0.717, 1.165) is 19.6 Å². The van der Waals surface area contributed by atoms with Crippen LogP contribution in [0.15, 0.2) is 34.7 Å². The van der Waals surface area contributed by atoms with Crippen LogP contribution in [-0.4, -0.2) is 58.3 Å². The normalized spacial score (nSPS) is 14.4. The molecule has 2 aromatic heterocycles. The molecule has 0 aliphatic carbocycles. The van der Waals surface area contributed by atoms with E-state index in [9.17, 15) is 9.59 Å². The van der Waals surface area contributed by atoms with Gasteiger partial charge in [0.15, 0.2) is 11.4 Å². The quantitative estimate of drug-likeness (QED) is 0.572. The standard InChI is InChI=1S/C19H20N4O5/c24-18(20-17-16-14(21-22-17)11-15(28-16)19(25)26)12-3-5-13(6-4-12)27-10-9-23-7-1-2-8-23/h3-6,11H,1-2,7-10H2,(H,25,26)(H2,20,21,22,24). The van der Waals surface area contributed by atoms with Gasteiger partial charge in [-0.05, 0) is 50.2 Å². The number of nitrogens with zero attached hydrogens (tertiary/aromatic N) is 2. The van der Waals surface area contributed by atoms with Gasteiger partial charge in [-0.2, -0.15) is 5.10 Å². The van der Waals surface area contributed by atoms with Gasteiger partial charge in [0.25, 0.3) is 5.91 Å². The summed E-state index contributed by atoms with van der Waals surface area (Å²) in [6.45, 7) is 3.78. The molecule has 3 heterocycles. The molecule has 0 unspecified atom stereocenters. The predicted octanol–water partition coefficient (Wildman–Crippen LogP) is 2.58. The Morgan fingerprint density at radius 2 is 2.00 bits per heavy atom. The second-order valence-corrected chi connectivity index (χ2v) is 6.61. The van der Waals surface area contributed by atoms with Crippen LogP contribution in [0.1, 0.15) is 33.8 Å². The fraction of sp³-hybridized carbons (Fsp3) is 0.316. The maximum atomic E-state index is 12.4. The zero-order valence-corrected chi connectivity index (χ0v) is 15.1. The first-order valence-corrected chi connectivity index (χ1v) is 9.08. The highest BCUT2D eigenvalue weighted by molar-refractivity contribution is 6.07. The summed E-state index contributed by atoms with van der Waals surface area (Å²) < 4.78 is 10.9. The molecule has 28 heavy (non-hydrogen) atoms. The number of H-pyrrole nitrogens is 1. The Balaban J connectivity index is 1.36. The van der Waals surface area contributed by atoms with Crippen molar-refractivity contribution in [3.63, 3.8) is 0 Å². The van der Waals surface area contributed by atoms with E-state index in [1.165, 1.54) is 18.9 Å². The van der Waals surface area contributed by atoms with E-state index in [2.05, 4.69) is 20.4 Å². The molecule has 0 saturated carbocycles. The molecule has 1 saturated heterocycles. The highest BCUT2D eigenvalue weighted by Crippen LogP contribution is 2.25. The summed E-state index contributed by atoms with van der Waals surface area (Å²) in [6.07, 6.45) is 2.50. The van der Waals surface area contributed by atoms with Gasteiger partial charge >= 0.3 is 5.97 Å². The number of nitrogens with one attached hydrogen (secondary N) is 2. The number of carbonyl (C=O) groups is 2. The van der Waals surface area contributed by atoms with Gasteiger partial charge in [0.1, 0.15) is 17.9 Å². The number of carboxylic acids is 1. The number of aromatic amines is 1. The number of furan rings is 1. The van der Waals surface area contributed by atoms with Gasteiger partial charge in [0.2, 0.25) is 5.76 Å². The molecule has 4 rings (SSSR count). The van der Waals surface area contributed by atoms with Crippen molar-refractivity contribution >= 4 is 28.8 Å². The van der Waals surface area contributed by atoms with Crippen LogP contribution in [0.4, 0.5) is 5.82 Å². The number of likely N-dealkylation sites (tertiary alicyclic amines) is 1. The maximum absolute atomic E-state index is 12.4. The summed E-state index contributed by atoms with van der Waals surface area (Å²) in [6, 6.07) is 8.13. The van der Waals surface area contributed by atoms with Gasteiger partial charge in [0, 0.05) is 18.2 Å². The first kappa shape index (κ1) is 18.1. The van der Waals surface area contributed by atoms with Crippen molar-refractivity contribution in [2.24, 2.45) is 0 Å². The van der Waals surface area contributed by atoms with Crippen LogP contribution in [0.3, 0.4) is 0 Å². The average molecular weight is 384 g/mol. The van der Waals surface area contributed by atoms with E-state index >= 15 is 0 Å². The SMILES string of the molecule is O=C(Nc1n[nH]c2cc(C(=O)O)oc12)c1ccc(OCCN2CCCC2)cc1. The molecule has 1 aliphatic heterocycles. The number of anilines is 1. The van der Waals surface area contributed by atoms with Crippen LogP contribution in [0.2, 0.25) is 0 Å². The number of carbonyl (C=O) groups excluding carboxylic acids is 1. The summed E-state index contributed by atoms with van der Waals surface area (Å²) in [4.78, 5) is 25.8. The zero-order valence-electron chi connectivity index (χ0n) is 15.1. The van der Waals surface area contributed by atoms with Crippen molar-refractivity contribution in [3.8, 4) is 5.75 Å². The molecule has 146 valence electrons. The molecular weight excluding hydrogens is 364 g/mol. The Labute approximate surface area is 160 Å². The molecular formula is C19H20N4O5.